The van der Waals surface area contributed by atoms with Gasteiger partial charge in [0.15, 0.2) is 11.5 Å². The van der Waals surface area contributed by atoms with E-state index in [4.69, 9.17) is 25.8 Å². The van der Waals surface area contributed by atoms with E-state index in [9.17, 15) is 14.7 Å². The molecule has 0 aromatic heterocycles. The van der Waals surface area contributed by atoms with E-state index in [1.165, 1.54) is 4.90 Å². The molecule has 174 valence electrons. The average molecular weight is 472 g/mol. The minimum atomic E-state index is -0.751. The van der Waals surface area contributed by atoms with Gasteiger partial charge in [-0.1, -0.05) is 31.0 Å². The van der Waals surface area contributed by atoms with Crippen molar-refractivity contribution in [1.82, 2.24) is 4.90 Å². The lowest BCUT2D eigenvalue weighted by molar-refractivity contribution is -0.139. The van der Waals surface area contributed by atoms with Crippen LogP contribution in [0, 0.1) is 0 Å². The van der Waals surface area contributed by atoms with E-state index < -0.39 is 17.7 Å². The highest BCUT2D eigenvalue weighted by Crippen LogP contribution is 2.43. The van der Waals surface area contributed by atoms with Gasteiger partial charge in [-0.15, -0.1) is 0 Å². The number of unbranched alkanes of at least 4 members (excludes halogenated alkanes) is 1. The van der Waals surface area contributed by atoms with Crippen LogP contribution in [0.5, 0.6) is 17.2 Å². The molecule has 1 amide bonds. The number of aliphatic hydroxyl groups excluding tert-OH is 1. The summed E-state index contributed by atoms with van der Waals surface area (Å²) in [6, 6.07) is 9.34. The zero-order chi connectivity index (χ0) is 23.5. The molecule has 0 saturated carbocycles. The average Bonchev–Trinajstić information content (AvgIpc) is 3.08. The number of hydrogen-bond donors (Lipinski definition) is 1. The predicted molar refractivity (Wildman–Crippen MR) is 124 cm³/mol. The summed E-state index contributed by atoms with van der Waals surface area (Å²) in [5.41, 5.74) is 1.03. The smallest absolute Gasteiger partial charge is 0.295 e. The Hall–Kier alpha value is -3.19. The van der Waals surface area contributed by atoms with Gasteiger partial charge in [-0.2, -0.15) is 0 Å². The van der Waals surface area contributed by atoms with Crippen LogP contribution in [0.3, 0.4) is 0 Å². The first kappa shape index (κ1) is 23.0. The molecule has 0 spiro atoms. The number of aliphatic hydroxyl groups is 1. The van der Waals surface area contributed by atoms with E-state index in [1.54, 1.807) is 36.4 Å². The molecule has 1 N–H and O–H groups in total. The Morgan fingerprint density at radius 3 is 2.61 bits per heavy atom. The van der Waals surface area contributed by atoms with Gasteiger partial charge in [0.1, 0.15) is 24.7 Å². The lowest BCUT2D eigenvalue weighted by Crippen LogP contribution is -2.30. The third-order valence-electron chi connectivity index (χ3n) is 5.68. The Morgan fingerprint density at radius 1 is 1.12 bits per heavy atom. The highest BCUT2D eigenvalue weighted by molar-refractivity contribution is 6.46. The molecule has 2 aromatic carbocycles. The Morgan fingerprint density at radius 2 is 1.88 bits per heavy atom. The van der Waals surface area contributed by atoms with Crippen molar-refractivity contribution in [2.75, 3.05) is 26.4 Å². The van der Waals surface area contributed by atoms with Gasteiger partial charge in [0.25, 0.3) is 11.7 Å². The van der Waals surface area contributed by atoms with E-state index in [0.717, 1.165) is 12.8 Å². The largest absolute Gasteiger partial charge is 0.507 e. The molecule has 1 unspecified atom stereocenters. The highest BCUT2D eigenvalue weighted by Gasteiger charge is 2.46. The normalized spacial score (nSPS) is 19.1. The van der Waals surface area contributed by atoms with Crippen molar-refractivity contribution >= 4 is 29.1 Å². The van der Waals surface area contributed by atoms with Crippen LogP contribution in [0.25, 0.3) is 5.76 Å². The number of likely N-dealkylation sites (tertiary alicyclic amines) is 1. The summed E-state index contributed by atoms with van der Waals surface area (Å²) in [6.07, 6.45) is 1.58. The quantitative estimate of drug-likeness (QED) is 0.357. The lowest BCUT2D eigenvalue weighted by atomic mass is 9.94. The maximum absolute atomic E-state index is 13.1. The molecule has 2 aliphatic heterocycles. The van der Waals surface area contributed by atoms with Crippen molar-refractivity contribution in [2.24, 2.45) is 0 Å². The lowest BCUT2D eigenvalue weighted by Gasteiger charge is -2.27. The molecule has 33 heavy (non-hydrogen) atoms. The van der Waals surface area contributed by atoms with Crippen LogP contribution in [0.15, 0.2) is 42.0 Å². The van der Waals surface area contributed by atoms with Crippen molar-refractivity contribution in [1.29, 1.82) is 0 Å². The van der Waals surface area contributed by atoms with Crippen LogP contribution in [0.1, 0.15) is 43.9 Å². The number of rotatable bonds is 7. The summed E-state index contributed by atoms with van der Waals surface area (Å²) >= 11 is 6.19. The minimum absolute atomic E-state index is 0.0255. The summed E-state index contributed by atoms with van der Waals surface area (Å²) < 4.78 is 16.8. The molecule has 0 aliphatic carbocycles. The van der Waals surface area contributed by atoms with Crippen LogP contribution in [0.4, 0.5) is 0 Å². The van der Waals surface area contributed by atoms with Crippen molar-refractivity contribution in [3.63, 3.8) is 0 Å². The van der Waals surface area contributed by atoms with Crippen molar-refractivity contribution in [2.45, 2.75) is 32.7 Å². The number of carbonyl (C=O) groups is 2. The summed E-state index contributed by atoms with van der Waals surface area (Å²) in [7, 11) is 0. The molecule has 2 aromatic rings. The summed E-state index contributed by atoms with van der Waals surface area (Å²) in [4.78, 5) is 27.6. The van der Waals surface area contributed by atoms with E-state index in [-0.39, 0.29) is 11.3 Å². The standard InChI is InChI=1S/C25H26ClNO6/c1-3-5-10-27-22(15-7-9-18-20(13-15)33-12-11-32-18)21(24(29)25(27)30)23(28)16-6-8-17(26)19(14-16)31-4-2/h6-9,13-14,22,28H,3-5,10-12H2,1-2H3/b23-21-. The fourth-order valence-corrected chi connectivity index (χ4v) is 4.26. The maximum Gasteiger partial charge on any atom is 0.295 e. The second-order valence-electron chi connectivity index (χ2n) is 7.83. The monoisotopic (exact) mass is 471 g/mol. The van der Waals surface area contributed by atoms with Crippen LogP contribution < -0.4 is 14.2 Å². The first-order valence-corrected chi connectivity index (χ1v) is 11.4. The molecule has 7 nitrogen and oxygen atoms in total. The third kappa shape index (κ3) is 4.37. The number of ether oxygens (including phenoxy) is 3. The van der Waals surface area contributed by atoms with Gasteiger partial charge in [0, 0.05) is 12.1 Å². The van der Waals surface area contributed by atoms with Crippen molar-refractivity contribution in [3.8, 4) is 17.2 Å². The summed E-state index contributed by atoms with van der Waals surface area (Å²) in [6.45, 7) is 5.49. The molecular weight excluding hydrogens is 446 g/mol. The van der Waals surface area contributed by atoms with E-state index in [0.29, 0.717) is 59.8 Å². The molecule has 0 radical (unpaired) electrons. The van der Waals surface area contributed by atoms with Gasteiger partial charge in [0.05, 0.1) is 23.2 Å². The Balaban J connectivity index is 1.84. The van der Waals surface area contributed by atoms with Gasteiger partial charge < -0.3 is 24.2 Å². The van der Waals surface area contributed by atoms with E-state index in [1.807, 2.05) is 13.8 Å². The Bertz CT molecular complexity index is 1110. The first-order valence-electron chi connectivity index (χ1n) is 11.1. The first-order chi connectivity index (χ1) is 16.0. The van der Waals surface area contributed by atoms with Crippen LogP contribution in [0.2, 0.25) is 5.02 Å². The number of amides is 1. The topological polar surface area (TPSA) is 85.3 Å². The molecule has 1 fully saturated rings. The Kier molecular flexibility index (Phi) is 6.79. The fourth-order valence-electron chi connectivity index (χ4n) is 4.09. The number of fused-ring (bicyclic) bond motifs is 1. The second-order valence-corrected chi connectivity index (χ2v) is 8.23. The van der Waals surface area contributed by atoms with Gasteiger partial charge in [-0.05, 0) is 49.2 Å². The van der Waals surface area contributed by atoms with Crippen molar-refractivity contribution < 1.29 is 28.9 Å². The number of ketones is 1. The van der Waals surface area contributed by atoms with Gasteiger partial charge >= 0.3 is 0 Å². The summed E-state index contributed by atoms with van der Waals surface area (Å²) in [5.74, 6) is -0.0935. The van der Waals surface area contributed by atoms with Gasteiger partial charge in [0.2, 0.25) is 0 Å². The predicted octanol–water partition coefficient (Wildman–Crippen LogP) is 4.73. The van der Waals surface area contributed by atoms with Crippen LogP contribution in [-0.4, -0.2) is 48.1 Å². The zero-order valence-electron chi connectivity index (χ0n) is 18.6. The van der Waals surface area contributed by atoms with Crippen LogP contribution >= 0.6 is 11.6 Å². The van der Waals surface area contributed by atoms with Crippen LogP contribution in [-0.2, 0) is 9.59 Å². The van der Waals surface area contributed by atoms with Gasteiger partial charge in [-0.3, -0.25) is 9.59 Å². The number of benzene rings is 2. The number of nitrogens with zero attached hydrogens (tertiary/aromatic N) is 1. The van der Waals surface area contributed by atoms with E-state index in [2.05, 4.69) is 0 Å². The molecular formula is C25H26ClNO6. The molecule has 0 bridgehead atoms. The highest BCUT2D eigenvalue weighted by atomic mass is 35.5. The summed E-state index contributed by atoms with van der Waals surface area (Å²) in [5, 5.41) is 11.6. The zero-order valence-corrected chi connectivity index (χ0v) is 19.4. The van der Waals surface area contributed by atoms with Gasteiger partial charge in [-0.25, -0.2) is 0 Å². The molecule has 2 aliphatic rings. The minimum Gasteiger partial charge on any atom is -0.507 e. The third-order valence-corrected chi connectivity index (χ3v) is 5.99. The molecule has 1 saturated heterocycles. The Labute approximate surface area is 197 Å². The number of carbonyl (C=O) groups excluding carboxylic acids is 2. The molecule has 1 atom stereocenters. The number of halogens is 1. The SMILES string of the molecule is CCCCN1C(=O)C(=O)/C(=C(\O)c2ccc(Cl)c(OCC)c2)C1c1ccc2c(c1)OCCO2. The maximum atomic E-state index is 13.1. The second kappa shape index (κ2) is 9.75. The molecule has 8 heteroatoms. The number of hydrogen-bond acceptors (Lipinski definition) is 6. The fraction of sp³-hybridized carbons (Fsp3) is 0.360. The molecule has 4 rings (SSSR count). The van der Waals surface area contributed by atoms with E-state index >= 15 is 0 Å². The molecule has 2 heterocycles. The number of Topliss-reactive ketones (excluding diaryl/α,β-unsaturated/α-hetero) is 1. The van der Waals surface area contributed by atoms with Crippen molar-refractivity contribution in [3.05, 3.63) is 58.1 Å².